The molecule has 1 atom stereocenters. The van der Waals surface area contributed by atoms with Crippen molar-refractivity contribution in [3.63, 3.8) is 0 Å². The fourth-order valence-corrected chi connectivity index (χ4v) is 3.21. The quantitative estimate of drug-likeness (QED) is 0.808. The average molecular weight is 267 g/mol. The molecule has 86 valence electrons. The highest BCUT2D eigenvalue weighted by atomic mass is 35.5. The van der Waals surface area contributed by atoms with E-state index in [2.05, 4.69) is 10.3 Å². The number of amides is 1. The van der Waals surface area contributed by atoms with Crippen LogP contribution in [0.2, 0.25) is 0 Å². The van der Waals surface area contributed by atoms with Gasteiger partial charge in [0.15, 0.2) is 0 Å². The molecule has 3 heterocycles. The fraction of sp³-hybridized carbons (Fsp3) is 0.182. The summed E-state index contributed by atoms with van der Waals surface area (Å²) in [6.07, 6.45) is 1.65. The molecule has 0 fully saturated rings. The van der Waals surface area contributed by atoms with Crippen LogP contribution in [0.3, 0.4) is 0 Å². The van der Waals surface area contributed by atoms with E-state index in [1.54, 1.807) is 6.20 Å². The molecule has 1 N–H and O–H groups in total. The normalized spacial score (nSPS) is 18.2. The second kappa shape index (κ2) is 3.51. The van der Waals surface area contributed by atoms with Gasteiger partial charge in [-0.25, -0.2) is 4.98 Å². The van der Waals surface area contributed by atoms with Crippen molar-refractivity contribution >= 4 is 50.0 Å². The monoisotopic (exact) mass is 266 g/mol. The predicted octanol–water partition coefficient (Wildman–Crippen LogP) is 2.73. The molecule has 17 heavy (non-hydrogen) atoms. The number of thiophene rings is 1. The predicted molar refractivity (Wildman–Crippen MR) is 66.8 cm³/mol. The molecule has 2 aromatic rings. The van der Waals surface area contributed by atoms with E-state index in [9.17, 15) is 9.59 Å². The maximum atomic E-state index is 11.8. The summed E-state index contributed by atoms with van der Waals surface area (Å²) in [5.41, 5.74) is 1.41. The van der Waals surface area contributed by atoms with Crippen LogP contribution in [0.15, 0.2) is 12.3 Å². The molecule has 3 rings (SSSR count). The SMILES string of the molecule is CC1C(=O)Nc2c(C(=O)Cl)sc3nccc1c23. The zero-order chi connectivity index (χ0) is 12.2. The third kappa shape index (κ3) is 1.39. The van der Waals surface area contributed by atoms with E-state index in [0.717, 1.165) is 15.8 Å². The van der Waals surface area contributed by atoms with Gasteiger partial charge in [-0.2, -0.15) is 0 Å². The minimum absolute atomic E-state index is 0.123. The van der Waals surface area contributed by atoms with Crippen molar-refractivity contribution in [2.75, 3.05) is 5.32 Å². The van der Waals surface area contributed by atoms with Gasteiger partial charge in [0.2, 0.25) is 5.91 Å². The maximum absolute atomic E-state index is 11.8. The number of carbonyl (C=O) groups excluding carboxylic acids is 2. The highest BCUT2D eigenvalue weighted by molar-refractivity contribution is 7.22. The minimum atomic E-state index is -0.566. The van der Waals surface area contributed by atoms with Gasteiger partial charge in [0.25, 0.3) is 5.24 Å². The molecule has 6 heteroatoms. The number of hydrogen-bond acceptors (Lipinski definition) is 4. The average Bonchev–Trinajstić information content (AvgIpc) is 2.66. The van der Waals surface area contributed by atoms with Crippen molar-refractivity contribution in [3.8, 4) is 0 Å². The van der Waals surface area contributed by atoms with E-state index in [1.807, 2.05) is 13.0 Å². The number of hydrogen-bond donors (Lipinski definition) is 1. The zero-order valence-corrected chi connectivity index (χ0v) is 10.4. The van der Waals surface area contributed by atoms with Crippen LogP contribution in [0.4, 0.5) is 5.69 Å². The molecule has 1 aliphatic rings. The molecule has 1 unspecified atom stereocenters. The number of aromatic nitrogens is 1. The van der Waals surface area contributed by atoms with Gasteiger partial charge in [-0.1, -0.05) is 0 Å². The molecular weight excluding hydrogens is 260 g/mol. The van der Waals surface area contributed by atoms with Gasteiger partial charge in [0.05, 0.1) is 11.6 Å². The second-order valence-electron chi connectivity index (χ2n) is 3.87. The molecule has 1 amide bonds. The second-order valence-corrected chi connectivity index (χ2v) is 5.21. The Balaban J connectivity index is 2.43. The zero-order valence-electron chi connectivity index (χ0n) is 8.78. The van der Waals surface area contributed by atoms with E-state index >= 15 is 0 Å². The maximum Gasteiger partial charge on any atom is 0.264 e. The van der Waals surface area contributed by atoms with Gasteiger partial charge in [0, 0.05) is 11.6 Å². The van der Waals surface area contributed by atoms with Crippen molar-refractivity contribution in [2.24, 2.45) is 0 Å². The number of carbonyl (C=O) groups is 2. The summed E-state index contributed by atoms with van der Waals surface area (Å²) < 4.78 is 0. The van der Waals surface area contributed by atoms with Crippen molar-refractivity contribution in [1.82, 2.24) is 4.98 Å². The Hall–Kier alpha value is -1.46. The highest BCUT2D eigenvalue weighted by Crippen LogP contribution is 2.43. The summed E-state index contributed by atoms with van der Waals surface area (Å²) in [5.74, 6) is -0.358. The van der Waals surface area contributed by atoms with Gasteiger partial charge in [-0.15, -0.1) is 11.3 Å². The Kier molecular flexibility index (Phi) is 2.21. The van der Waals surface area contributed by atoms with Gasteiger partial charge in [-0.3, -0.25) is 9.59 Å². The van der Waals surface area contributed by atoms with Gasteiger partial charge < -0.3 is 5.32 Å². The molecule has 4 nitrogen and oxygen atoms in total. The Morgan fingerprint density at radius 3 is 3.06 bits per heavy atom. The first-order valence-electron chi connectivity index (χ1n) is 5.01. The summed E-state index contributed by atoms with van der Waals surface area (Å²) in [5, 5.41) is 3.01. The van der Waals surface area contributed by atoms with Crippen molar-refractivity contribution < 1.29 is 9.59 Å². The van der Waals surface area contributed by atoms with E-state index in [0.29, 0.717) is 10.6 Å². The van der Waals surface area contributed by atoms with Crippen LogP contribution in [-0.4, -0.2) is 16.1 Å². The first kappa shape index (κ1) is 10.7. The molecule has 0 bridgehead atoms. The lowest BCUT2D eigenvalue weighted by Gasteiger charge is -2.19. The first-order chi connectivity index (χ1) is 8.09. The fourth-order valence-electron chi connectivity index (χ4n) is 2.04. The van der Waals surface area contributed by atoms with E-state index in [1.165, 1.54) is 11.3 Å². The Morgan fingerprint density at radius 1 is 1.59 bits per heavy atom. The van der Waals surface area contributed by atoms with Gasteiger partial charge >= 0.3 is 0 Å². The molecule has 2 aromatic heterocycles. The number of pyridine rings is 1. The molecular formula is C11H7ClN2O2S. The molecule has 0 spiro atoms. The lowest BCUT2D eigenvalue weighted by molar-refractivity contribution is -0.117. The number of nitrogens with one attached hydrogen (secondary N) is 1. The molecule has 0 saturated heterocycles. The van der Waals surface area contributed by atoms with Crippen molar-refractivity contribution in [1.29, 1.82) is 0 Å². The molecule has 0 saturated carbocycles. The van der Waals surface area contributed by atoms with Crippen LogP contribution in [-0.2, 0) is 4.79 Å². The highest BCUT2D eigenvalue weighted by Gasteiger charge is 2.30. The standard InChI is InChI=1S/C11H7ClN2O2S/c1-4-5-2-3-13-11-6(5)7(14-10(4)16)8(17-11)9(12)15/h2-4H,1H3,(H,14,16). The van der Waals surface area contributed by atoms with Crippen LogP contribution in [0.1, 0.15) is 28.1 Å². The lowest BCUT2D eigenvalue weighted by atomic mass is 9.94. The van der Waals surface area contributed by atoms with Crippen LogP contribution < -0.4 is 5.32 Å². The van der Waals surface area contributed by atoms with E-state index < -0.39 is 5.24 Å². The summed E-state index contributed by atoms with van der Waals surface area (Å²) in [6, 6.07) is 1.81. The Morgan fingerprint density at radius 2 is 2.35 bits per heavy atom. The molecule has 0 radical (unpaired) electrons. The third-order valence-electron chi connectivity index (χ3n) is 2.91. The van der Waals surface area contributed by atoms with Crippen LogP contribution >= 0.6 is 22.9 Å². The molecule has 1 aliphatic heterocycles. The van der Waals surface area contributed by atoms with Gasteiger partial charge in [-0.05, 0) is 30.2 Å². The number of nitrogens with zero attached hydrogens (tertiary/aromatic N) is 1. The smallest absolute Gasteiger partial charge is 0.264 e. The summed E-state index contributed by atoms with van der Waals surface area (Å²) >= 11 is 6.72. The van der Waals surface area contributed by atoms with Crippen molar-refractivity contribution in [2.45, 2.75) is 12.8 Å². The summed E-state index contributed by atoms with van der Waals surface area (Å²) in [6.45, 7) is 1.83. The van der Waals surface area contributed by atoms with Crippen molar-refractivity contribution in [3.05, 3.63) is 22.7 Å². The van der Waals surface area contributed by atoms with E-state index in [-0.39, 0.29) is 11.8 Å². The number of rotatable bonds is 1. The van der Waals surface area contributed by atoms with Crippen LogP contribution in [0.25, 0.3) is 10.2 Å². The Labute approximate surface area is 106 Å². The van der Waals surface area contributed by atoms with E-state index in [4.69, 9.17) is 11.6 Å². The first-order valence-corrected chi connectivity index (χ1v) is 6.21. The minimum Gasteiger partial charge on any atom is -0.324 e. The van der Waals surface area contributed by atoms with Gasteiger partial charge in [0.1, 0.15) is 9.71 Å². The molecule has 0 aromatic carbocycles. The summed E-state index contributed by atoms with van der Waals surface area (Å²) in [4.78, 5) is 28.4. The largest absolute Gasteiger partial charge is 0.324 e. The molecule has 0 aliphatic carbocycles. The summed E-state index contributed by atoms with van der Waals surface area (Å²) in [7, 11) is 0. The number of anilines is 1. The number of halogens is 1. The Bertz CT molecular complexity index is 665. The van der Waals surface area contributed by atoms with Crippen LogP contribution in [0.5, 0.6) is 0 Å². The lowest BCUT2D eigenvalue weighted by Crippen LogP contribution is -2.23. The third-order valence-corrected chi connectivity index (χ3v) is 4.31. The van der Waals surface area contributed by atoms with Crippen LogP contribution in [0, 0.1) is 0 Å². The topological polar surface area (TPSA) is 59.1 Å².